The normalized spacial score (nSPS) is 15.8. The number of hydrogen-bond donors (Lipinski definition) is 0. The number of halogens is 3. The summed E-state index contributed by atoms with van der Waals surface area (Å²) in [6.07, 6.45) is 3.05. The second-order valence-corrected chi connectivity index (χ2v) is 9.01. The first-order valence-electron chi connectivity index (χ1n) is 9.99. The van der Waals surface area contributed by atoms with Gasteiger partial charge in [-0.2, -0.15) is 10.2 Å². The Bertz CT molecular complexity index is 1250. The van der Waals surface area contributed by atoms with E-state index in [9.17, 15) is 4.79 Å². The summed E-state index contributed by atoms with van der Waals surface area (Å²) in [6.45, 7) is 0.294. The highest BCUT2D eigenvalue weighted by atomic mass is 35.5. The predicted molar refractivity (Wildman–Crippen MR) is 125 cm³/mol. The fraction of sp³-hybridized carbons (Fsp3) is 0.273. The van der Waals surface area contributed by atoms with E-state index in [4.69, 9.17) is 34.8 Å². The molecule has 31 heavy (non-hydrogen) atoms. The third-order valence-electron chi connectivity index (χ3n) is 5.40. The monoisotopic (exact) mass is 473 g/mol. The number of hydrogen-bond acceptors (Lipinski definition) is 4. The molecule has 0 radical (unpaired) electrons. The van der Waals surface area contributed by atoms with Crippen LogP contribution in [0.3, 0.4) is 0 Å². The predicted octanol–water partition coefficient (Wildman–Crippen LogP) is 5.45. The van der Waals surface area contributed by atoms with Crippen molar-refractivity contribution in [3.8, 4) is 11.4 Å². The minimum Gasteiger partial charge on any atom is -0.272 e. The molecule has 0 N–H and O–H groups in total. The minimum absolute atomic E-state index is 0.127. The minimum atomic E-state index is -0.127. The summed E-state index contributed by atoms with van der Waals surface area (Å²) in [5, 5.41) is 15.1. The van der Waals surface area contributed by atoms with Crippen LogP contribution in [0.5, 0.6) is 0 Å². The summed E-state index contributed by atoms with van der Waals surface area (Å²) < 4.78 is 3.26. The third-order valence-corrected chi connectivity index (χ3v) is 6.36. The lowest BCUT2D eigenvalue weighted by Crippen LogP contribution is -2.27. The van der Waals surface area contributed by atoms with Gasteiger partial charge in [0.15, 0.2) is 5.82 Å². The number of benzene rings is 2. The third kappa shape index (κ3) is 4.20. The fourth-order valence-electron chi connectivity index (χ4n) is 3.69. The van der Waals surface area contributed by atoms with E-state index in [0.717, 1.165) is 35.4 Å². The van der Waals surface area contributed by atoms with Crippen molar-refractivity contribution in [3.05, 3.63) is 73.6 Å². The van der Waals surface area contributed by atoms with Gasteiger partial charge in [-0.15, -0.1) is 5.10 Å². The zero-order chi connectivity index (χ0) is 21.5. The molecule has 3 aromatic rings. The molecule has 9 heteroatoms. The van der Waals surface area contributed by atoms with Crippen molar-refractivity contribution in [2.45, 2.75) is 38.3 Å². The molecule has 1 aliphatic heterocycles. The quantitative estimate of drug-likeness (QED) is 0.477. The zero-order valence-electron chi connectivity index (χ0n) is 16.4. The highest BCUT2D eigenvalue weighted by Crippen LogP contribution is 2.36. The van der Waals surface area contributed by atoms with Crippen LogP contribution in [0.1, 0.15) is 30.9 Å². The summed E-state index contributed by atoms with van der Waals surface area (Å²) >= 11 is 18.6. The van der Waals surface area contributed by atoms with Crippen LogP contribution in [0.15, 0.2) is 57.5 Å². The number of aromatic nitrogens is 3. The van der Waals surface area contributed by atoms with Crippen molar-refractivity contribution in [3.63, 3.8) is 0 Å². The van der Waals surface area contributed by atoms with Crippen molar-refractivity contribution in [2.24, 2.45) is 10.2 Å². The molecule has 2 heterocycles. The summed E-state index contributed by atoms with van der Waals surface area (Å²) in [7, 11) is 0. The Kier molecular flexibility index (Phi) is 5.46. The summed E-state index contributed by atoms with van der Waals surface area (Å²) in [4.78, 5) is 13.1. The molecule has 0 saturated heterocycles. The molecule has 2 aliphatic rings. The first kappa shape index (κ1) is 20.5. The molecular formula is C22H18Cl3N5O. The molecule has 1 saturated carbocycles. The molecular weight excluding hydrogens is 457 g/mol. The van der Waals surface area contributed by atoms with Crippen LogP contribution < -0.4 is 5.69 Å². The van der Waals surface area contributed by atoms with Gasteiger partial charge in [-0.05, 0) is 54.8 Å². The Labute approximate surface area is 193 Å². The Morgan fingerprint density at radius 2 is 1.61 bits per heavy atom. The van der Waals surface area contributed by atoms with Crippen LogP contribution in [-0.2, 0) is 13.0 Å². The van der Waals surface area contributed by atoms with E-state index in [1.165, 1.54) is 4.68 Å². The molecule has 0 atom stereocenters. The average Bonchev–Trinajstić information content (AvgIpc) is 3.40. The van der Waals surface area contributed by atoms with E-state index in [1.807, 2.05) is 30.3 Å². The van der Waals surface area contributed by atoms with E-state index >= 15 is 0 Å². The van der Waals surface area contributed by atoms with E-state index < -0.39 is 0 Å². The van der Waals surface area contributed by atoms with Crippen molar-refractivity contribution < 1.29 is 0 Å². The number of nitrogens with zero attached hydrogens (tertiary/aromatic N) is 5. The molecule has 0 bridgehead atoms. The average molecular weight is 475 g/mol. The largest absolute Gasteiger partial charge is 0.346 e. The molecule has 158 valence electrons. The second kappa shape index (κ2) is 8.26. The van der Waals surface area contributed by atoms with Gasteiger partial charge in [0.25, 0.3) is 0 Å². The lowest BCUT2D eigenvalue weighted by Gasteiger charge is -2.06. The van der Waals surface area contributed by atoms with Gasteiger partial charge in [-0.25, -0.2) is 9.48 Å². The highest BCUT2D eigenvalue weighted by Gasteiger charge is 2.31. The van der Waals surface area contributed by atoms with E-state index in [1.54, 1.807) is 16.7 Å². The van der Waals surface area contributed by atoms with Crippen LogP contribution in [0.25, 0.3) is 11.4 Å². The van der Waals surface area contributed by atoms with Gasteiger partial charge in [-0.3, -0.25) is 4.57 Å². The Morgan fingerprint density at radius 1 is 0.935 bits per heavy atom. The van der Waals surface area contributed by atoms with Crippen LogP contribution in [-0.4, -0.2) is 25.8 Å². The van der Waals surface area contributed by atoms with Crippen LogP contribution >= 0.6 is 34.8 Å². The first-order chi connectivity index (χ1) is 15.0. The molecule has 0 unspecified atom stereocenters. The van der Waals surface area contributed by atoms with Crippen molar-refractivity contribution in [1.29, 1.82) is 0 Å². The second-order valence-electron chi connectivity index (χ2n) is 7.76. The van der Waals surface area contributed by atoms with Crippen molar-refractivity contribution in [2.75, 3.05) is 0 Å². The van der Waals surface area contributed by atoms with Gasteiger partial charge < -0.3 is 0 Å². The van der Waals surface area contributed by atoms with Gasteiger partial charge in [-0.1, -0.05) is 40.9 Å². The first-order valence-corrected chi connectivity index (χ1v) is 11.1. The van der Waals surface area contributed by atoms with E-state index in [-0.39, 0.29) is 11.7 Å². The Balaban J connectivity index is 1.35. The van der Waals surface area contributed by atoms with Crippen LogP contribution in [0.2, 0.25) is 15.1 Å². The molecule has 2 aromatic carbocycles. The summed E-state index contributed by atoms with van der Waals surface area (Å²) in [5.41, 5.74) is 3.21. The van der Waals surface area contributed by atoms with Crippen molar-refractivity contribution in [1.82, 2.24) is 14.3 Å². The maximum Gasteiger partial charge on any atom is 0.346 e. The summed E-state index contributed by atoms with van der Waals surface area (Å²) in [6, 6.07) is 13.0. The summed E-state index contributed by atoms with van der Waals surface area (Å²) in [5.74, 6) is 0.659. The standard InChI is InChI=1S/C22H18Cl3N5O/c23-14-6-4-13(5-7-14)21-28-29(22(31)30(21)17-8-9-17)12-16-10-15(26-27-16)11-18-19(24)2-1-3-20(18)25/h1-7,17H,8-12H2. The van der Waals surface area contributed by atoms with Gasteiger partial charge in [0.05, 0.1) is 18.0 Å². The topological polar surface area (TPSA) is 64.5 Å². The van der Waals surface area contributed by atoms with Gasteiger partial charge in [0.2, 0.25) is 0 Å². The molecule has 1 fully saturated rings. The van der Waals surface area contributed by atoms with Crippen LogP contribution in [0, 0.1) is 0 Å². The Morgan fingerprint density at radius 3 is 2.29 bits per heavy atom. The molecule has 1 aromatic heterocycles. The SMILES string of the molecule is O=c1n(CC2=NN=C(Cc3c(Cl)cccc3Cl)C2)nc(-c2ccc(Cl)cc2)n1C1CC1. The molecule has 0 amide bonds. The van der Waals surface area contributed by atoms with Crippen LogP contribution in [0.4, 0.5) is 0 Å². The maximum atomic E-state index is 13.1. The van der Waals surface area contributed by atoms with E-state index in [0.29, 0.717) is 40.3 Å². The molecule has 0 spiro atoms. The molecule has 1 aliphatic carbocycles. The molecule has 6 nitrogen and oxygen atoms in total. The van der Waals surface area contributed by atoms with Gasteiger partial charge in [0, 0.05) is 39.5 Å². The fourth-order valence-corrected chi connectivity index (χ4v) is 4.35. The zero-order valence-corrected chi connectivity index (χ0v) is 18.7. The smallest absolute Gasteiger partial charge is 0.272 e. The van der Waals surface area contributed by atoms with E-state index in [2.05, 4.69) is 15.3 Å². The van der Waals surface area contributed by atoms with Gasteiger partial charge >= 0.3 is 5.69 Å². The lowest BCUT2D eigenvalue weighted by atomic mass is 10.0. The lowest BCUT2D eigenvalue weighted by molar-refractivity contribution is 0.645. The highest BCUT2D eigenvalue weighted by molar-refractivity contribution is 6.36. The Hall–Kier alpha value is -2.41. The maximum absolute atomic E-state index is 13.1. The van der Waals surface area contributed by atoms with Crippen molar-refractivity contribution >= 4 is 46.2 Å². The number of rotatable bonds is 6. The molecule has 5 rings (SSSR count). The van der Waals surface area contributed by atoms with Gasteiger partial charge in [0.1, 0.15) is 0 Å².